The molecule has 0 saturated heterocycles. The highest BCUT2D eigenvalue weighted by molar-refractivity contribution is 5.78. The molecule has 6 heteroatoms. The molecule has 0 aliphatic rings. The molecule has 0 unspecified atom stereocenters. The lowest BCUT2D eigenvalue weighted by Gasteiger charge is -2.11. The lowest BCUT2D eigenvalue weighted by Crippen LogP contribution is -2.34. The summed E-state index contributed by atoms with van der Waals surface area (Å²) < 4.78 is 15.3. The number of nitrogens with one attached hydrogen (secondary N) is 2. The third-order valence-electron chi connectivity index (χ3n) is 2.73. The molecule has 20 heavy (non-hydrogen) atoms. The van der Waals surface area contributed by atoms with E-state index in [2.05, 4.69) is 10.6 Å². The minimum atomic E-state index is -0.0778. The standard InChI is InChI=1S/C14H22N2O4/c1-18-7-6-15-10-14(17)16-9-11-8-12(19-2)4-5-13(11)20-3/h4-5,8,15H,6-7,9-10H2,1-3H3,(H,16,17). The van der Waals surface area contributed by atoms with Crippen LogP contribution in [0.3, 0.4) is 0 Å². The van der Waals surface area contributed by atoms with Crippen LogP contribution in [0.25, 0.3) is 0 Å². The average Bonchev–Trinajstić information content (AvgIpc) is 2.49. The Kier molecular flexibility index (Phi) is 7.46. The lowest BCUT2D eigenvalue weighted by atomic mass is 10.2. The number of hydrogen-bond acceptors (Lipinski definition) is 5. The van der Waals surface area contributed by atoms with Gasteiger partial charge in [0.1, 0.15) is 11.5 Å². The second kappa shape index (κ2) is 9.17. The maximum atomic E-state index is 11.6. The first kappa shape index (κ1) is 16.3. The number of rotatable bonds is 9. The molecule has 0 fully saturated rings. The van der Waals surface area contributed by atoms with Crippen LogP contribution in [-0.2, 0) is 16.1 Å². The van der Waals surface area contributed by atoms with Gasteiger partial charge in [-0.3, -0.25) is 4.79 Å². The van der Waals surface area contributed by atoms with Gasteiger partial charge >= 0.3 is 0 Å². The first-order chi connectivity index (χ1) is 9.71. The van der Waals surface area contributed by atoms with E-state index in [1.807, 2.05) is 18.2 Å². The van der Waals surface area contributed by atoms with Crippen LogP contribution in [0.2, 0.25) is 0 Å². The van der Waals surface area contributed by atoms with Crippen LogP contribution >= 0.6 is 0 Å². The molecule has 6 nitrogen and oxygen atoms in total. The molecular formula is C14H22N2O4. The summed E-state index contributed by atoms with van der Waals surface area (Å²) in [4.78, 5) is 11.6. The topological polar surface area (TPSA) is 68.8 Å². The number of amides is 1. The normalized spacial score (nSPS) is 10.2. The van der Waals surface area contributed by atoms with E-state index < -0.39 is 0 Å². The van der Waals surface area contributed by atoms with E-state index in [-0.39, 0.29) is 12.5 Å². The zero-order valence-corrected chi connectivity index (χ0v) is 12.2. The van der Waals surface area contributed by atoms with Crippen molar-refractivity contribution in [1.82, 2.24) is 10.6 Å². The monoisotopic (exact) mass is 282 g/mol. The van der Waals surface area contributed by atoms with Crippen LogP contribution in [0.15, 0.2) is 18.2 Å². The smallest absolute Gasteiger partial charge is 0.234 e. The summed E-state index contributed by atoms with van der Waals surface area (Å²) >= 11 is 0. The van der Waals surface area contributed by atoms with E-state index in [0.717, 1.165) is 17.1 Å². The fourth-order valence-electron chi connectivity index (χ4n) is 1.65. The van der Waals surface area contributed by atoms with Crippen molar-refractivity contribution < 1.29 is 19.0 Å². The number of ether oxygens (including phenoxy) is 3. The van der Waals surface area contributed by atoms with Gasteiger partial charge in [0.2, 0.25) is 5.91 Å². The predicted octanol–water partition coefficient (Wildman–Crippen LogP) is 0.556. The van der Waals surface area contributed by atoms with Crippen LogP contribution < -0.4 is 20.1 Å². The largest absolute Gasteiger partial charge is 0.497 e. The van der Waals surface area contributed by atoms with Gasteiger partial charge in [0.15, 0.2) is 0 Å². The quantitative estimate of drug-likeness (QED) is 0.648. The summed E-state index contributed by atoms with van der Waals surface area (Å²) in [5, 5.41) is 5.80. The van der Waals surface area contributed by atoms with Gasteiger partial charge in [0.05, 0.1) is 27.4 Å². The molecule has 0 radical (unpaired) electrons. The third-order valence-corrected chi connectivity index (χ3v) is 2.73. The lowest BCUT2D eigenvalue weighted by molar-refractivity contribution is -0.120. The molecule has 0 heterocycles. The van der Waals surface area contributed by atoms with Crippen LogP contribution in [0.5, 0.6) is 11.5 Å². The van der Waals surface area contributed by atoms with Crippen molar-refractivity contribution in [3.8, 4) is 11.5 Å². The second-order valence-electron chi connectivity index (χ2n) is 4.12. The molecule has 2 N–H and O–H groups in total. The molecule has 0 bridgehead atoms. The predicted molar refractivity (Wildman–Crippen MR) is 76.1 cm³/mol. The first-order valence-electron chi connectivity index (χ1n) is 6.38. The molecule has 112 valence electrons. The summed E-state index contributed by atoms with van der Waals surface area (Å²) in [6.07, 6.45) is 0. The number of hydrogen-bond donors (Lipinski definition) is 2. The summed E-state index contributed by atoms with van der Waals surface area (Å²) in [5.74, 6) is 1.37. The van der Waals surface area contributed by atoms with Crippen LogP contribution in [0.4, 0.5) is 0 Å². The molecular weight excluding hydrogens is 260 g/mol. The van der Waals surface area contributed by atoms with Gasteiger partial charge in [0, 0.05) is 25.8 Å². The molecule has 0 atom stereocenters. The fraction of sp³-hybridized carbons (Fsp3) is 0.500. The van der Waals surface area contributed by atoms with Crippen molar-refractivity contribution in [2.45, 2.75) is 6.54 Å². The number of carbonyl (C=O) groups is 1. The molecule has 0 aliphatic heterocycles. The van der Waals surface area contributed by atoms with Crippen molar-refractivity contribution in [1.29, 1.82) is 0 Å². The second-order valence-corrected chi connectivity index (χ2v) is 4.12. The number of methoxy groups -OCH3 is 3. The molecule has 0 saturated carbocycles. The van der Waals surface area contributed by atoms with E-state index in [1.165, 1.54) is 0 Å². The molecule has 1 aromatic rings. The van der Waals surface area contributed by atoms with Gasteiger partial charge in [-0.05, 0) is 18.2 Å². The van der Waals surface area contributed by atoms with Crippen LogP contribution in [-0.4, -0.2) is 46.9 Å². The molecule has 1 rings (SSSR count). The highest BCUT2D eigenvalue weighted by atomic mass is 16.5. The summed E-state index contributed by atoms with van der Waals surface area (Å²) in [6.45, 7) is 1.88. The minimum Gasteiger partial charge on any atom is -0.497 e. The Balaban J connectivity index is 2.45. The SMILES string of the molecule is COCCNCC(=O)NCc1cc(OC)ccc1OC. The Morgan fingerprint density at radius 1 is 1.20 bits per heavy atom. The van der Waals surface area contributed by atoms with Gasteiger partial charge in [0.25, 0.3) is 0 Å². The maximum absolute atomic E-state index is 11.6. The first-order valence-corrected chi connectivity index (χ1v) is 6.38. The highest BCUT2D eigenvalue weighted by Gasteiger charge is 2.07. The van der Waals surface area contributed by atoms with Crippen LogP contribution in [0, 0.1) is 0 Å². The average molecular weight is 282 g/mol. The molecule has 0 aromatic heterocycles. The number of benzene rings is 1. The van der Waals surface area contributed by atoms with Crippen LogP contribution in [0.1, 0.15) is 5.56 Å². The Morgan fingerprint density at radius 2 is 2.00 bits per heavy atom. The van der Waals surface area contributed by atoms with Gasteiger partial charge in [-0.2, -0.15) is 0 Å². The van der Waals surface area contributed by atoms with Gasteiger partial charge in [-0.1, -0.05) is 0 Å². The van der Waals surface area contributed by atoms with Gasteiger partial charge < -0.3 is 24.8 Å². The zero-order valence-electron chi connectivity index (χ0n) is 12.2. The summed E-state index contributed by atoms with van der Waals surface area (Å²) in [7, 11) is 4.82. The zero-order chi connectivity index (χ0) is 14.8. The molecule has 0 aliphatic carbocycles. The van der Waals surface area contributed by atoms with Crippen molar-refractivity contribution in [2.75, 3.05) is 41.0 Å². The van der Waals surface area contributed by atoms with E-state index >= 15 is 0 Å². The summed E-state index contributed by atoms with van der Waals surface area (Å²) in [6, 6.07) is 5.48. The van der Waals surface area contributed by atoms with E-state index in [0.29, 0.717) is 19.7 Å². The number of carbonyl (C=O) groups excluding carboxylic acids is 1. The Labute approximate surface area is 119 Å². The molecule has 1 amide bonds. The molecule has 0 spiro atoms. The highest BCUT2D eigenvalue weighted by Crippen LogP contribution is 2.23. The van der Waals surface area contributed by atoms with E-state index in [9.17, 15) is 4.79 Å². The third kappa shape index (κ3) is 5.46. The Bertz CT molecular complexity index is 424. The maximum Gasteiger partial charge on any atom is 0.234 e. The van der Waals surface area contributed by atoms with Crippen molar-refractivity contribution >= 4 is 5.91 Å². The van der Waals surface area contributed by atoms with Crippen molar-refractivity contribution in [3.63, 3.8) is 0 Å². The Morgan fingerprint density at radius 3 is 2.65 bits per heavy atom. The Hall–Kier alpha value is -1.79. The summed E-state index contributed by atoms with van der Waals surface area (Å²) in [5.41, 5.74) is 0.872. The van der Waals surface area contributed by atoms with E-state index in [4.69, 9.17) is 14.2 Å². The van der Waals surface area contributed by atoms with Crippen molar-refractivity contribution in [2.24, 2.45) is 0 Å². The van der Waals surface area contributed by atoms with Gasteiger partial charge in [-0.25, -0.2) is 0 Å². The fourth-order valence-corrected chi connectivity index (χ4v) is 1.65. The molecule has 1 aromatic carbocycles. The van der Waals surface area contributed by atoms with Gasteiger partial charge in [-0.15, -0.1) is 0 Å². The van der Waals surface area contributed by atoms with Crippen molar-refractivity contribution in [3.05, 3.63) is 23.8 Å². The van der Waals surface area contributed by atoms with E-state index in [1.54, 1.807) is 21.3 Å². The minimum absolute atomic E-state index is 0.0778.